The molecule has 0 fully saturated rings. The summed E-state index contributed by atoms with van der Waals surface area (Å²) in [5, 5.41) is 0. The topological polar surface area (TPSA) is 37.4 Å². The number of hydrogen-bond acceptors (Lipinski definition) is 2. The van der Waals surface area contributed by atoms with Gasteiger partial charge >= 0.3 is 0 Å². The van der Waals surface area contributed by atoms with E-state index in [9.17, 15) is 9.59 Å². The van der Waals surface area contributed by atoms with Crippen LogP contribution in [-0.2, 0) is 9.59 Å². The van der Waals surface area contributed by atoms with Crippen LogP contribution in [0.15, 0.2) is 0 Å². The normalized spacial score (nSPS) is 9.69. The van der Waals surface area contributed by atoms with E-state index in [1.54, 1.807) is 0 Å². The van der Waals surface area contributed by atoms with Crippen molar-refractivity contribution in [3.63, 3.8) is 0 Å². The zero-order valence-electron chi connectivity index (χ0n) is 8.58. The zero-order chi connectivity index (χ0) is 10.1. The molecule has 0 rings (SSSR count). The first-order chi connectivity index (χ1) is 6.22. The summed E-state index contributed by atoms with van der Waals surface area (Å²) in [7, 11) is 0. The van der Waals surface area contributed by atoms with Crippen LogP contribution in [0.2, 0.25) is 0 Å². The molecule has 0 saturated carbocycles. The summed E-state index contributed by atoms with van der Waals surface area (Å²) in [6, 6.07) is 0. The van der Waals surface area contributed by atoms with Crippen LogP contribution in [-0.4, -0.2) is 23.8 Å². The second-order valence-corrected chi connectivity index (χ2v) is 3.23. The maximum absolute atomic E-state index is 10.8. The van der Waals surface area contributed by atoms with Gasteiger partial charge in [0.05, 0.1) is 0 Å². The molecule has 0 aromatic rings. The van der Waals surface area contributed by atoms with Crippen LogP contribution in [0.4, 0.5) is 0 Å². The summed E-state index contributed by atoms with van der Waals surface area (Å²) in [4.78, 5) is 22.4. The van der Waals surface area contributed by atoms with Crippen LogP contribution < -0.4 is 0 Å². The van der Waals surface area contributed by atoms with Crippen molar-refractivity contribution in [2.24, 2.45) is 0 Å². The first-order valence-corrected chi connectivity index (χ1v) is 4.94. The summed E-state index contributed by atoms with van der Waals surface area (Å²) < 4.78 is 0. The lowest BCUT2D eigenvalue weighted by molar-refractivity contribution is -0.136. The fourth-order valence-corrected chi connectivity index (χ4v) is 1.17. The van der Waals surface area contributed by atoms with Crippen molar-refractivity contribution in [3.8, 4) is 0 Å². The van der Waals surface area contributed by atoms with Gasteiger partial charge in [-0.05, 0) is 6.42 Å². The highest BCUT2D eigenvalue weighted by atomic mass is 16.2. The van der Waals surface area contributed by atoms with E-state index in [1.807, 2.05) is 0 Å². The second kappa shape index (κ2) is 7.77. The number of imide groups is 1. The van der Waals surface area contributed by atoms with E-state index in [4.69, 9.17) is 0 Å². The molecule has 0 saturated heterocycles. The van der Waals surface area contributed by atoms with E-state index >= 15 is 0 Å². The largest absolute Gasteiger partial charge is 0.286 e. The minimum absolute atomic E-state index is 0.162. The number of unbranched alkanes of at least 4 members (excludes halogenated alkanes) is 4. The van der Waals surface area contributed by atoms with Crippen LogP contribution in [0.3, 0.4) is 0 Å². The van der Waals surface area contributed by atoms with Crippen LogP contribution in [0.5, 0.6) is 0 Å². The van der Waals surface area contributed by atoms with E-state index in [-0.39, 0.29) is 5.91 Å². The van der Waals surface area contributed by atoms with E-state index in [0.717, 1.165) is 12.8 Å². The predicted octanol–water partition coefficient (Wildman–Crippen LogP) is 1.96. The molecule has 3 nitrogen and oxygen atoms in total. The molecule has 0 aliphatic carbocycles. The van der Waals surface area contributed by atoms with Gasteiger partial charge in [0.15, 0.2) is 0 Å². The molecule has 0 spiro atoms. The molecule has 0 bridgehead atoms. The number of rotatable bonds is 7. The smallest absolute Gasteiger partial charge is 0.225 e. The van der Waals surface area contributed by atoms with Gasteiger partial charge < -0.3 is 0 Å². The highest BCUT2D eigenvalue weighted by Gasteiger charge is 2.04. The Morgan fingerprint density at radius 1 is 1.23 bits per heavy atom. The van der Waals surface area contributed by atoms with E-state index < -0.39 is 0 Å². The van der Waals surface area contributed by atoms with Gasteiger partial charge in [0.2, 0.25) is 12.3 Å². The van der Waals surface area contributed by atoms with Crippen molar-refractivity contribution >= 4 is 12.3 Å². The molecule has 0 N–H and O–H groups in total. The van der Waals surface area contributed by atoms with Crippen LogP contribution in [0, 0.1) is 0 Å². The maximum atomic E-state index is 10.8. The number of carbonyl (C=O) groups excluding carboxylic acids is 2. The van der Waals surface area contributed by atoms with Crippen molar-refractivity contribution in [2.45, 2.75) is 46.0 Å². The van der Waals surface area contributed by atoms with E-state index in [1.165, 1.54) is 31.1 Å². The van der Waals surface area contributed by atoms with Crippen LogP contribution >= 0.6 is 0 Å². The summed E-state index contributed by atoms with van der Waals surface area (Å²) in [5.41, 5.74) is 0. The Hall–Kier alpha value is -0.860. The van der Waals surface area contributed by atoms with Gasteiger partial charge in [0.25, 0.3) is 0 Å². The van der Waals surface area contributed by atoms with Crippen LogP contribution in [0.25, 0.3) is 0 Å². The third kappa shape index (κ3) is 6.31. The number of amides is 2. The van der Waals surface area contributed by atoms with Gasteiger partial charge in [-0.25, -0.2) is 0 Å². The average Bonchev–Trinajstić information content (AvgIpc) is 2.10. The van der Waals surface area contributed by atoms with Gasteiger partial charge in [0.1, 0.15) is 0 Å². The maximum Gasteiger partial charge on any atom is 0.225 e. The van der Waals surface area contributed by atoms with Crippen molar-refractivity contribution in [2.75, 3.05) is 6.54 Å². The molecule has 0 aliphatic rings. The molecule has 13 heavy (non-hydrogen) atoms. The lowest BCUT2D eigenvalue weighted by Crippen LogP contribution is -2.27. The molecule has 0 aromatic carbocycles. The molecule has 3 heteroatoms. The van der Waals surface area contributed by atoms with E-state index in [2.05, 4.69) is 6.92 Å². The second-order valence-electron chi connectivity index (χ2n) is 3.23. The van der Waals surface area contributed by atoms with Crippen molar-refractivity contribution < 1.29 is 9.59 Å². The number of nitrogens with zero attached hydrogens (tertiary/aromatic N) is 1. The van der Waals surface area contributed by atoms with Crippen molar-refractivity contribution in [3.05, 3.63) is 0 Å². The average molecular weight is 185 g/mol. The Labute approximate surface area is 80.1 Å². The summed E-state index contributed by atoms with van der Waals surface area (Å²) in [5.74, 6) is -0.162. The third-order valence-electron chi connectivity index (χ3n) is 2.03. The lowest BCUT2D eigenvalue weighted by atomic mass is 10.1. The van der Waals surface area contributed by atoms with Crippen molar-refractivity contribution in [1.29, 1.82) is 0 Å². The molecule has 0 atom stereocenters. The van der Waals surface area contributed by atoms with Gasteiger partial charge in [-0.3, -0.25) is 14.5 Å². The first-order valence-electron chi connectivity index (χ1n) is 4.94. The number of hydrogen-bond donors (Lipinski definition) is 0. The Balaban J connectivity index is 3.39. The summed E-state index contributed by atoms with van der Waals surface area (Å²) in [6.45, 7) is 4.15. The highest BCUT2D eigenvalue weighted by molar-refractivity contribution is 5.83. The van der Waals surface area contributed by atoms with Crippen molar-refractivity contribution in [1.82, 2.24) is 4.90 Å². The molecule has 0 aromatic heterocycles. The Kier molecular flexibility index (Phi) is 7.26. The quantitative estimate of drug-likeness (QED) is 0.449. The molecule has 0 heterocycles. The van der Waals surface area contributed by atoms with Gasteiger partial charge in [0, 0.05) is 13.5 Å². The molecular formula is C10H19NO2. The fraction of sp³-hybridized carbons (Fsp3) is 0.800. The highest BCUT2D eigenvalue weighted by Crippen LogP contribution is 2.03. The minimum Gasteiger partial charge on any atom is -0.286 e. The molecule has 76 valence electrons. The summed E-state index contributed by atoms with van der Waals surface area (Å²) in [6.07, 6.45) is 6.29. The van der Waals surface area contributed by atoms with Gasteiger partial charge in [-0.1, -0.05) is 32.6 Å². The Bertz CT molecular complexity index is 157. The molecule has 0 aliphatic heterocycles. The van der Waals surface area contributed by atoms with Crippen LogP contribution in [0.1, 0.15) is 46.0 Å². The van der Waals surface area contributed by atoms with E-state index in [0.29, 0.717) is 13.0 Å². The molecule has 2 amide bonds. The summed E-state index contributed by atoms with van der Waals surface area (Å²) >= 11 is 0. The molecular weight excluding hydrogens is 166 g/mol. The predicted molar refractivity (Wildman–Crippen MR) is 52.2 cm³/mol. The standard InChI is InChI=1S/C10H19NO2/c1-3-4-5-6-7-8-11(9-12)10(2)13/h9H,3-8H2,1-2H3. The Morgan fingerprint density at radius 2 is 1.85 bits per heavy atom. The van der Waals surface area contributed by atoms with Gasteiger partial charge in [-0.2, -0.15) is 0 Å². The minimum atomic E-state index is -0.162. The fourth-order valence-electron chi connectivity index (χ4n) is 1.17. The first kappa shape index (κ1) is 12.1. The zero-order valence-corrected chi connectivity index (χ0v) is 8.58. The third-order valence-corrected chi connectivity index (χ3v) is 2.03. The molecule has 0 radical (unpaired) electrons. The number of carbonyl (C=O) groups is 2. The molecule has 0 unspecified atom stereocenters. The van der Waals surface area contributed by atoms with Gasteiger partial charge in [-0.15, -0.1) is 0 Å². The SMILES string of the molecule is CCCCCCCN(C=O)C(C)=O. The Morgan fingerprint density at radius 3 is 2.31 bits per heavy atom. The lowest BCUT2D eigenvalue weighted by Gasteiger charge is -2.11. The monoisotopic (exact) mass is 185 g/mol.